The van der Waals surface area contributed by atoms with E-state index in [9.17, 15) is 10.1 Å². The van der Waals surface area contributed by atoms with E-state index in [4.69, 9.17) is 14.5 Å². The molecule has 4 aromatic rings. The van der Waals surface area contributed by atoms with Gasteiger partial charge < -0.3 is 20.1 Å². The Bertz CT molecular complexity index is 1650. The molecule has 1 aliphatic rings. The number of nitrogens with zero attached hydrogens (tertiary/aromatic N) is 5. The highest BCUT2D eigenvalue weighted by Crippen LogP contribution is 2.38. The van der Waals surface area contributed by atoms with Gasteiger partial charge >= 0.3 is 0 Å². The van der Waals surface area contributed by atoms with Crippen molar-refractivity contribution in [1.82, 2.24) is 19.7 Å². The molecule has 0 unspecified atom stereocenters. The van der Waals surface area contributed by atoms with Crippen LogP contribution in [0.15, 0.2) is 48.7 Å². The number of amides is 1. The van der Waals surface area contributed by atoms with Crippen molar-refractivity contribution >= 4 is 44.8 Å². The molecule has 1 aliphatic heterocycles. The zero-order valence-electron chi connectivity index (χ0n) is 23.9. The first-order chi connectivity index (χ1) is 19.9. The first-order valence-electron chi connectivity index (χ1n) is 13.9. The number of ether oxygens (including phenoxy) is 2. The van der Waals surface area contributed by atoms with Crippen molar-refractivity contribution in [2.75, 3.05) is 43.5 Å². The molecule has 1 atom stereocenters. The molecule has 2 N–H and O–H groups in total. The summed E-state index contributed by atoms with van der Waals surface area (Å²) in [6.07, 6.45) is 5.99. The van der Waals surface area contributed by atoms with Gasteiger partial charge in [-0.3, -0.25) is 19.4 Å². The lowest BCUT2D eigenvalue weighted by molar-refractivity contribution is -0.111. The van der Waals surface area contributed by atoms with E-state index in [-0.39, 0.29) is 12.0 Å². The van der Waals surface area contributed by atoms with Gasteiger partial charge in [-0.25, -0.2) is 0 Å². The van der Waals surface area contributed by atoms with Crippen LogP contribution in [0.1, 0.15) is 32.0 Å². The molecule has 0 radical (unpaired) electrons. The van der Waals surface area contributed by atoms with Gasteiger partial charge in [0, 0.05) is 55.3 Å². The number of carbonyl (C=O) groups is 1. The number of anilines is 3. The maximum atomic E-state index is 12.9. The van der Waals surface area contributed by atoms with Gasteiger partial charge in [-0.2, -0.15) is 10.4 Å². The summed E-state index contributed by atoms with van der Waals surface area (Å²) in [6, 6.07) is 11.9. The molecule has 1 saturated heterocycles. The van der Waals surface area contributed by atoms with Gasteiger partial charge in [0.05, 0.1) is 59.2 Å². The lowest BCUT2D eigenvalue weighted by Gasteiger charge is -2.30. The van der Waals surface area contributed by atoms with Crippen LogP contribution in [0.3, 0.4) is 0 Å². The number of nitrogens with one attached hydrogen (secondary N) is 2. The summed E-state index contributed by atoms with van der Waals surface area (Å²) in [6.45, 7) is 9.38. The average molecular weight is 554 g/mol. The number of rotatable bonds is 9. The molecule has 2 aromatic carbocycles. The van der Waals surface area contributed by atoms with Crippen LogP contribution >= 0.6 is 0 Å². The number of benzene rings is 2. The van der Waals surface area contributed by atoms with E-state index in [0.717, 1.165) is 29.7 Å². The Balaban J connectivity index is 1.50. The summed E-state index contributed by atoms with van der Waals surface area (Å²) in [5, 5.41) is 22.6. The van der Waals surface area contributed by atoms with Gasteiger partial charge in [-0.1, -0.05) is 13.0 Å². The number of fused-ring (bicyclic) bond motifs is 2. The van der Waals surface area contributed by atoms with Crippen LogP contribution in [0.25, 0.3) is 21.8 Å². The smallest absolute Gasteiger partial charge is 0.248 e. The summed E-state index contributed by atoms with van der Waals surface area (Å²) in [4.78, 5) is 20.0. The van der Waals surface area contributed by atoms with E-state index >= 15 is 0 Å². The zero-order chi connectivity index (χ0) is 28.9. The van der Waals surface area contributed by atoms with Gasteiger partial charge in [-0.15, -0.1) is 0 Å². The summed E-state index contributed by atoms with van der Waals surface area (Å²) < 4.78 is 13.3. The first-order valence-corrected chi connectivity index (χ1v) is 13.9. The van der Waals surface area contributed by atoms with E-state index in [1.165, 1.54) is 0 Å². The number of aryl methyl sites for hydroxylation is 2. The minimum atomic E-state index is -0.262. The predicted molar refractivity (Wildman–Crippen MR) is 161 cm³/mol. The van der Waals surface area contributed by atoms with E-state index in [2.05, 4.69) is 26.7 Å². The summed E-state index contributed by atoms with van der Waals surface area (Å²) in [5.41, 5.74) is 4.78. The third-order valence-electron chi connectivity index (χ3n) is 7.14. The Kier molecular flexibility index (Phi) is 8.47. The molecule has 10 heteroatoms. The van der Waals surface area contributed by atoms with Crippen LogP contribution in [0.2, 0.25) is 0 Å². The van der Waals surface area contributed by atoms with Crippen molar-refractivity contribution in [3.8, 4) is 11.8 Å². The SMILES string of the molecule is CCOc1cc2nc(CC)c(C#N)c(Nc3ccc4c(cnn4C)c3)c2cc1NC(=O)/C=C/CN1CCO[C@H](C)C1. The maximum absolute atomic E-state index is 12.9. The van der Waals surface area contributed by atoms with Crippen molar-refractivity contribution in [3.05, 3.63) is 59.9 Å². The molecule has 5 rings (SSSR count). The molecule has 212 valence electrons. The Morgan fingerprint density at radius 1 is 1.29 bits per heavy atom. The fraction of sp³-hybridized carbons (Fsp3) is 0.355. The molecule has 0 saturated carbocycles. The molecular formula is C31H35N7O3. The molecule has 41 heavy (non-hydrogen) atoms. The van der Waals surface area contributed by atoms with Crippen LogP contribution in [-0.4, -0.2) is 64.5 Å². The van der Waals surface area contributed by atoms with Gasteiger partial charge in [0.15, 0.2) is 0 Å². The van der Waals surface area contributed by atoms with E-state index in [1.807, 2.05) is 75.1 Å². The van der Waals surface area contributed by atoms with E-state index in [0.29, 0.717) is 65.5 Å². The highest BCUT2D eigenvalue weighted by Gasteiger charge is 2.19. The van der Waals surface area contributed by atoms with Crippen LogP contribution in [0, 0.1) is 11.3 Å². The molecule has 1 amide bonds. The second kappa shape index (κ2) is 12.4. The number of nitriles is 1. The predicted octanol–water partition coefficient (Wildman–Crippen LogP) is 4.91. The van der Waals surface area contributed by atoms with Crippen LogP contribution in [-0.2, 0) is 23.0 Å². The highest BCUT2D eigenvalue weighted by atomic mass is 16.5. The summed E-state index contributed by atoms with van der Waals surface area (Å²) in [5.74, 6) is 0.257. The first kappa shape index (κ1) is 28.1. The molecule has 10 nitrogen and oxygen atoms in total. The number of hydrogen-bond acceptors (Lipinski definition) is 8. The molecular weight excluding hydrogens is 518 g/mol. The monoisotopic (exact) mass is 553 g/mol. The Hall–Kier alpha value is -4.46. The van der Waals surface area contributed by atoms with Gasteiger partial charge in [-0.05, 0) is 44.5 Å². The van der Waals surface area contributed by atoms with Crippen molar-refractivity contribution in [1.29, 1.82) is 5.26 Å². The minimum Gasteiger partial charge on any atom is -0.492 e. The average Bonchev–Trinajstić information content (AvgIpc) is 3.33. The zero-order valence-corrected chi connectivity index (χ0v) is 23.9. The number of aromatic nitrogens is 3. The summed E-state index contributed by atoms with van der Waals surface area (Å²) in [7, 11) is 1.90. The highest BCUT2D eigenvalue weighted by molar-refractivity contribution is 6.05. The second-order valence-corrected chi connectivity index (χ2v) is 10.1. The van der Waals surface area contributed by atoms with E-state index < -0.39 is 0 Å². The Labute approximate surface area is 239 Å². The number of hydrogen-bond donors (Lipinski definition) is 2. The van der Waals surface area contributed by atoms with Crippen LogP contribution in [0.4, 0.5) is 17.1 Å². The fourth-order valence-electron chi connectivity index (χ4n) is 5.15. The second-order valence-electron chi connectivity index (χ2n) is 10.1. The minimum absolute atomic E-state index is 0.187. The molecule has 1 fully saturated rings. The van der Waals surface area contributed by atoms with Crippen molar-refractivity contribution < 1.29 is 14.3 Å². The fourth-order valence-corrected chi connectivity index (χ4v) is 5.15. The normalized spacial score (nSPS) is 15.8. The number of carbonyl (C=O) groups excluding carboxylic acids is 1. The Morgan fingerprint density at radius 2 is 2.15 bits per heavy atom. The summed E-state index contributed by atoms with van der Waals surface area (Å²) >= 11 is 0. The van der Waals surface area contributed by atoms with E-state index in [1.54, 1.807) is 6.08 Å². The molecule has 3 heterocycles. The number of morpholine rings is 1. The number of pyridine rings is 1. The quantitative estimate of drug-likeness (QED) is 0.281. The third kappa shape index (κ3) is 6.16. The topological polar surface area (TPSA) is 117 Å². The standard InChI is InChI=1S/C31H35N7O3/c1-5-25-24(17-32)31(34-22-9-10-28-21(14-22)18-33-37(28)4)23-15-27(29(40-6-2)16-26(23)35-25)36-30(39)8-7-11-38-12-13-41-20(3)19-38/h7-10,14-16,18,20H,5-6,11-13,19H2,1-4H3,(H,34,35)(H,36,39)/b8-7+/t20-/m1/s1. The third-order valence-corrected chi connectivity index (χ3v) is 7.14. The lowest BCUT2D eigenvalue weighted by atomic mass is 10.0. The molecule has 0 spiro atoms. The van der Waals surface area contributed by atoms with Gasteiger partial charge in [0.2, 0.25) is 5.91 Å². The van der Waals surface area contributed by atoms with Gasteiger partial charge in [0.1, 0.15) is 11.8 Å². The van der Waals surface area contributed by atoms with Crippen molar-refractivity contribution in [3.63, 3.8) is 0 Å². The van der Waals surface area contributed by atoms with Crippen LogP contribution in [0.5, 0.6) is 5.75 Å². The molecule has 0 bridgehead atoms. The Morgan fingerprint density at radius 3 is 2.90 bits per heavy atom. The van der Waals surface area contributed by atoms with Crippen molar-refractivity contribution in [2.45, 2.75) is 33.3 Å². The largest absolute Gasteiger partial charge is 0.492 e. The maximum Gasteiger partial charge on any atom is 0.248 e. The molecule has 2 aromatic heterocycles. The lowest BCUT2D eigenvalue weighted by Crippen LogP contribution is -2.41. The van der Waals surface area contributed by atoms with Crippen molar-refractivity contribution in [2.24, 2.45) is 7.05 Å². The van der Waals surface area contributed by atoms with Crippen LogP contribution < -0.4 is 15.4 Å². The van der Waals surface area contributed by atoms with Gasteiger partial charge in [0.25, 0.3) is 0 Å². The molecule has 0 aliphatic carbocycles.